The van der Waals surface area contributed by atoms with E-state index in [2.05, 4.69) is 5.32 Å². The summed E-state index contributed by atoms with van der Waals surface area (Å²) in [7, 11) is 3.48. The Morgan fingerprint density at radius 1 is 1.37 bits per heavy atom. The molecule has 19 heavy (non-hydrogen) atoms. The van der Waals surface area contributed by atoms with E-state index in [9.17, 15) is 4.79 Å². The van der Waals surface area contributed by atoms with Crippen molar-refractivity contribution in [1.29, 1.82) is 0 Å². The van der Waals surface area contributed by atoms with Crippen LogP contribution in [-0.2, 0) is 0 Å². The lowest BCUT2D eigenvalue weighted by Gasteiger charge is -2.24. The predicted octanol–water partition coefficient (Wildman–Crippen LogP) is 2.28. The zero-order valence-electron chi connectivity index (χ0n) is 11.5. The maximum atomic E-state index is 11.8. The number of hydrogen-bond donors (Lipinski definition) is 2. The van der Waals surface area contributed by atoms with Crippen LogP contribution < -0.4 is 11.1 Å². The van der Waals surface area contributed by atoms with Crippen LogP contribution in [0.4, 0.5) is 11.4 Å². The Labute approximate surface area is 118 Å². The Hall–Kier alpha value is -1.36. The van der Waals surface area contributed by atoms with Crippen molar-refractivity contribution >= 4 is 29.0 Å². The third-order valence-corrected chi connectivity index (χ3v) is 4.33. The molecule has 4 nitrogen and oxygen atoms in total. The second kappa shape index (κ2) is 6.19. The number of rotatable bonds is 3. The molecule has 2 rings (SSSR count). The van der Waals surface area contributed by atoms with Crippen molar-refractivity contribution in [3.8, 4) is 0 Å². The second-order valence-electron chi connectivity index (χ2n) is 5.03. The number of nitrogens with two attached hydrogens (primary N) is 1. The van der Waals surface area contributed by atoms with Gasteiger partial charge in [-0.05, 0) is 42.5 Å². The fraction of sp³-hybridized carbons (Fsp3) is 0.500. The van der Waals surface area contributed by atoms with Gasteiger partial charge >= 0.3 is 0 Å². The van der Waals surface area contributed by atoms with Gasteiger partial charge in [0.25, 0.3) is 5.91 Å². The van der Waals surface area contributed by atoms with E-state index in [0.717, 1.165) is 5.69 Å². The van der Waals surface area contributed by atoms with Crippen molar-refractivity contribution in [2.24, 2.45) is 0 Å². The van der Waals surface area contributed by atoms with Crippen LogP contribution in [0.1, 0.15) is 23.2 Å². The van der Waals surface area contributed by atoms with Gasteiger partial charge in [0.2, 0.25) is 0 Å². The van der Waals surface area contributed by atoms with Crippen molar-refractivity contribution in [2.45, 2.75) is 18.9 Å². The smallest absolute Gasteiger partial charge is 0.253 e. The predicted molar refractivity (Wildman–Crippen MR) is 82.8 cm³/mol. The van der Waals surface area contributed by atoms with Gasteiger partial charge in [-0.2, -0.15) is 11.8 Å². The Balaban J connectivity index is 2.08. The molecule has 104 valence electrons. The van der Waals surface area contributed by atoms with Crippen LogP contribution in [0.3, 0.4) is 0 Å². The summed E-state index contributed by atoms with van der Waals surface area (Å²) >= 11 is 2.00. The van der Waals surface area contributed by atoms with E-state index >= 15 is 0 Å². The monoisotopic (exact) mass is 279 g/mol. The highest BCUT2D eigenvalue weighted by atomic mass is 32.2. The van der Waals surface area contributed by atoms with Crippen LogP contribution in [0, 0.1) is 0 Å². The van der Waals surface area contributed by atoms with Gasteiger partial charge in [0.1, 0.15) is 0 Å². The maximum Gasteiger partial charge on any atom is 0.253 e. The van der Waals surface area contributed by atoms with Crippen LogP contribution in [0.2, 0.25) is 0 Å². The van der Waals surface area contributed by atoms with E-state index in [1.165, 1.54) is 24.3 Å². The van der Waals surface area contributed by atoms with Crippen molar-refractivity contribution < 1.29 is 4.79 Å². The number of nitrogen functional groups attached to an aromatic ring is 1. The second-order valence-corrected chi connectivity index (χ2v) is 6.26. The Bertz CT molecular complexity index is 456. The van der Waals surface area contributed by atoms with E-state index in [0.29, 0.717) is 17.3 Å². The summed E-state index contributed by atoms with van der Waals surface area (Å²) in [5.74, 6) is 2.39. The summed E-state index contributed by atoms with van der Waals surface area (Å²) in [4.78, 5) is 13.4. The molecule has 0 atom stereocenters. The zero-order chi connectivity index (χ0) is 13.8. The molecule has 0 spiro atoms. The van der Waals surface area contributed by atoms with Gasteiger partial charge in [0.05, 0.1) is 11.4 Å². The van der Waals surface area contributed by atoms with Crippen LogP contribution in [0.15, 0.2) is 18.2 Å². The molecule has 1 saturated heterocycles. The summed E-state index contributed by atoms with van der Waals surface area (Å²) in [5, 5.41) is 3.48. The van der Waals surface area contributed by atoms with E-state index in [4.69, 9.17) is 5.73 Å². The molecule has 0 aliphatic carbocycles. The van der Waals surface area contributed by atoms with Gasteiger partial charge < -0.3 is 16.0 Å². The average molecular weight is 279 g/mol. The van der Waals surface area contributed by atoms with E-state index in [-0.39, 0.29) is 5.91 Å². The van der Waals surface area contributed by atoms with Crippen molar-refractivity contribution in [3.63, 3.8) is 0 Å². The number of anilines is 2. The summed E-state index contributed by atoms with van der Waals surface area (Å²) in [6, 6.07) is 5.99. The molecule has 1 aromatic carbocycles. The normalized spacial score (nSPS) is 16.1. The van der Waals surface area contributed by atoms with Crippen molar-refractivity contribution in [2.75, 3.05) is 36.7 Å². The minimum Gasteiger partial charge on any atom is -0.397 e. The van der Waals surface area contributed by atoms with Gasteiger partial charge in [-0.25, -0.2) is 0 Å². The number of benzene rings is 1. The first-order chi connectivity index (χ1) is 9.08. The third kappa shape index (κ3) is 3.56. The molecule has 0 aromatic heterocycles. The standard InChI is InChI=1S/C14H21N3OS/c1-17(2)14(18)10-3-4-13(12(15)9-10)16-11-5-7-19-8-6-11/h3-4,9,11,16H,5-8,15H2,1-2H3. The van der Waals surface area contributed by atoms with E-state index in [1.807, 2.05) is 23.9 Å². The zero-order valence-corrected chi connectivity index (χ0v) is 12.3. The molecule has 1 aliphatic heterocycles. The van der Waals surface area contributed by atoms with Crippen LogP contribution in [0.5, 0.6) is 0 Å². The largest absolute Gasteiger partial charge is 0.397 e. The fourth-order valence-corrected chi connectivity index (χ4v) is 3.25. The number of hydrogen-bond acceptors (Lipinski definition) is 4. The summed E-state index contributed by atoms with van der Waals surface area (Å²) in [6.07, 6.45) is 2.34. The molecular weight excluding hydrogens is 258 g/mol. The Morgan fingerprint density at radius 3 is 2.63 bits per heavy atom. The number of nitrogens with one attached hydrogen (secondary N) is 1. The molecular formula is C14H21N3OS. The molecule has 0 saturated carbocycles. The lowest BCUT2D eigenvalue weighted by molar-refractivity contribution is 0.0827. The molecule has 5 heteroatoms. The highest BCUT2D eigenvalue weighted by Gasteiger charge is 2.15. The molecule has 1 aliphatic rings. The summed E-state index contributed by atoms with van der Waals surface area (Å²) in [5.41, 5.74) is 8.25. The van der Waals surface area contributed by atoms with Crippen LogP contribution in [-0.4, -0.2) is 42.4 Å². The molecule has 1 fully saturated rings. The quantitative estimate of drug-likeness (QED) is 0.833. The Kier molecular flexibility index (Phi) is 4.58. The van der Waals surface area contributed by atoms with Crippen LogP contribution in [0.25, 0.3) is 0 Å². The Morgan fingerprint density at radius 2 is 2.05 bits per heavy atom. The lowest BCUT2D eigenvalue weighted by Crippen LogP contribution is -2.25. The maximum absolute atomic E-state index is 11.8. The molecule has 0 radical (unpaired) electrons. The number of carbonyl (C=O) groups excluding carboxylic acids is 1. The molecule has 0 unspecified atom stereocenters. The molecule has 3 N–H and O–H groups in total. The number of thioether (sulfide) groups is 1. The minimum absolute atomic E-state index is 0.0210. The van der Waals surface area contributed by atoms with E-state index < -0.39 is 0 Å². The fourth-order valence-electron chi connectivity index (χ4n) is 2.15. The summed E-state index contributed by atoms with van der Waals surface area (Å²) < 4.78 is 0. The number of amides is 1. The highest BCUT2D eigenvalue weighted by Crippen LogP contribution is 2.25. The van der Waals surface area contributed by atoms with Gasteiger partial charge in [-0.3, -0.25) is 4.79 Å². The highest BCUT2D eigenvalue weighted by molar-refractivity contribution is 7.99. The van der Waals surface area contributed by atoms with Crippen LogP contribution >= 0.6 is 11.8 Å². The first-order valence-corrected chi connectivity index (χ1v) is 7.69. The topological polar surface area (TPSA) is 58.4 Å². The lowest BCUT2D eigenvalue weighted by atomic mass is 10.1. The minimum atomic E-state index is -0.0210. The first-order valence-electron chi connectivity index (χ1n) is 6.53. The number of carbonyl (C=O) groups is 1. The van der Waals surface area contributed by atoms with Gasteiger partial charge in [0, 0.05) is 25.7 Å². The molecule has 1 aromatic rings. The summed E-state index contributed by atoms with van der Waals surface area (Å²) in [6.45, 7) is 0. The number of nitrogens with zero attached hydrogens (tertiary/aromatic N) is 1. The van der Waals surface area contributed by atoms with Gasteiger partial charge in [0.15, 0.2) is 0 Å². The average Bonchev–Trinajstić information content (AvgIpc) is 2.41. The van der Waals surface area contributed by atoms with Gasteiger partial charge in [-0.15, -0.1) is 0 Å². The SMILES string of the molecule is CN(C)C(=O)c1ccc(NC2CCSCC2)c(N)c1. The van der Waals surface area contributed by atoms with Gasteiger partial charge in [-0.1, -0.05) is 0 Å². The molecule has 0 bridgehead atoms. The third-order valence-electron chi connectivity index (χ3n) is 3.29. The molecule has 1 amide bonds. The van der Waals surface area contributed by atoms with Crippen molar-refractivity contribution in [3.05, 3.63) is 23.8 Å². The molecule has 1 heterocycles. The van der Waals surface area contributed by atoms with E-state index in [1.54, 1.807) is 25.1 Å². The van der Waals surface area contributed by atoms with Crippen molar-refractivity contribution in [1.82, 2.24) is 4.90 Å². The first kappa shape index (κ1) is 14.1.